The van der Waals surface area contributed by atoms with Crippen molar-refractivity contribution in [1.82, 2.24) is 10.2 Å². The van der Waals surface area contributed by atoms with E-state index in [0.717, 1.165) is 19.4 Å². The zero-order chi connectivity index (χ0) is 15.7. The SMILES string of the molecule is C=CCCCN(C)C(=NC)NCc1cc(C#N)ccc1F. The zero-order valence-corrected chi connectivity index (χ0v) is 12.6. The molecule has 0 unspecified atom stereocenters. The van der Waals surface area contributed by atoms with Gasteiger partial charge in [-0.05, 0) is 31.0 Å². The summed E-state index contributed by atoms with van der Waals surface area (Å²) in [5, 5.41) is 12.0. The molecule has 5 heteroatoms. The van der Waals surface area contributed by atoms with E-state index in [-0.39, 0.29) is 5.82 Å². The number of aliphatic imine (C=N–C) groups is 1. The molecule has 0 atom stereocenters. The third-order valence-corrected chi connectivity index (χ3v) is 3.09. The van der Waals surface area contributed by atoms with Gasteiger partial charge >= 0.3 is 0 Å². The molecule has 0 fully saturated rings. The molecule has 1 aromatic carbocycles. The molecule has 0 saturated heterocycles. The Morgan fingerprint density at radius 1 is 1.57 bits per heavy atom. The van der Waals surface area contributed by atoms with Crippen molar-refractivity contribution in [3.05, 3.63) is 47.8 Å². The molecule has 0 aromatic heterocycles. The van der Waals surface area contributed by atoms with Crippen LogP contribution in [0.4, 0.5) is 4.39 Å². The first-order valence-corrected chi connectivity index (χ1v) is 6.83. The monoisotopic (exact) mass is 288 g/mol. The molecule has 0 radical (unpaired) electrons. The van der Waals surface area contributed by atoms with Gasteiger partial charge in [-0.2, -0.15) is 5.26 Å². The summed E-state index contributed by atoms with van der Waals surface area (Å²) in [6.07, 6.45) is 3.81. The largest absolute Gasteiger partial charge is 0.352 e. The fourth-order valence-electron chi connectivity index (χ4n) is 1.92. The van der Waals surface area contributed by atoms with Gasteiger partial charge in [0.15, 0.2) is 5.96 Å². The van der Waals surface area contributed by atoms with Crippen LogP contribution in [0.15, 0.2) is 35.8 Å². The molecule has 0 spiro atoms. The van der Waals surface area contributed by atoms with Crippen LogP contribution in [0.3, 0.4) is 0 Å². The smallest absolute Gasteiger partial charge is 0.193 e. The van der Waals surface area contributed by atoms with E-state index in [4.69, 9.17) is 5.26 Å². The molecule has 1 rings (SSSR count). The average Bonchev–Trinajstić information content (AvgIpc) is 2.49. The summed E-state index contributed by atoms with van der Waals surface area (Å²) in [6, 6.07) is 6.34. The Morgan fingerprint density at radius 2 is 2.33 bits per heavy atom. The highest BCUT2D eigenvalue weighted by atomic mass is 19.1. The van der Waals surface area contributed by atoms with Gasteiger partial charge in [0.2, 0.25) is 0 Å². The molecule has 0 heterocycles. The molecule has 1 N–H and O–H groups in total. The summed E-state index contributed by atoms with van der Waals surface area (Å²) in [5.41, 5.74) is 0.900. The van der Waals surface area contributed by atoms with E-state index in [1.165, 1.54) is 12.1 Å². The van der Waals surface area contributed by atoms with Crippen molar-refractivity contribution in [3.8, 4) is 6.07 Å². The topological polar surface area (TPSA) is 51.4 Å². The third kappa shape index (κ3) is 5.27. The van der Waals surface area contributed by atoms with Crippen LogP contribution in [0.1, 0.15) is 24.0 Å². The van der Waals surface area contributed by atoms with Gasteiger partial charge in [-0.3, -0.25) is 4.99 Å². The molecular weight excluding hydrogens is 267 g/mol. The number of nitriles is 1. The molecule has 21 heavy (non-hydrogen) atoms. The summed E-state index contributed by atoms with van der Waals surface area (Å²) in [4.78, 5) is 6.15. The third-order valence-electron chi connectivity index (χ3n) is 3.09. The lowest BCUT2D eigenvalue weighted by Crippen LogP contribution is -2.39. The van der Waals surface area contributed by atoms with Gasteiger partial charge < -0.3 is 10.2 Å². The Balaban J connectivity index is 2.63. The maximum Gasteiger partial charge on any atom is 0.193 e. The van der Waals surface area contributed by atoms with Gasteiger partial charge in [0.1, 0.15) is 5.82 Å². The van der Waals surface area contributed by atoms with Crippen molar-refractivity contribution in [3.63, 3.8) is 0 Å². The maximum atomic E-state index is 13.7. The number of guanidine groups is 1. The van der Waals surface area contributed by atoms with Crippen LogP contribution in [0.2, 0.25) is 0 Å². The lowest BCUT2D eigenvalue weighted by molar-refractivity contribution is 0.468. The van der Waals surface area contributed by atoms with Crippen LogP contribution < -0.4 is 5.32 Å². The van der Waals surface area contributed by atoms with Crippen LogP contribution in [-0.2, 0) is 6.54 Å². The minimum absolute atomic E-state index is 0.291. The highest BCUT2D eigenvalue weighted by Crippen LogP contribution is 2.10. The summed E-state index contributed by atoms with van der Waals surface area (Å²) < 4.78 is 13.7. The number of benzene rings is 1. The van der Waals surface area contributed by atoms with Gasteiger partial charge in [0, 0.05) is 32.7 Å². The summed E-state index contributed by atoms with van der Waals surface area (Å²) in [5.74, 6) is 0.368. The van der Waals surface area contributed by atoms with Gasteiger partial charge in [-0.15, -0.1) is 6.58 Å². The Hall–Kier alpha value is -2.35. The first kappa shape index (κ1) is 16.7. The van der Waals surface area contributed by atoms with E-state index in [2.05, 4.69) is 16.9 Å². The van der Waals surface area contributed by atoms with E-state index < -0.39 is 0 Å². The molecule has 0 aliphatic heterocycles. The van der Waals surface area contributed by atoms with Crippen molar-refractivity contribution >= 4 is 5.96 Å². The number of nitrogens with zero attached hydrogens (tertiary/aromatic N) is 3. The molecule has 112 valence electrons. The fraction of sp³-hybridized carbons (Fsp3) is 0.375. The molecular formula is C16H21FN4. The van der Waals surface area contributed by atoms with E-state index >= 15 is 0 Å². The molecule has 0 aliphatic carbocycles. The lowest BCUT2D eigenvalue weighted by atomic mass is 10.1. The zero-order valence-electron chi connectivity index (χ0n) is 12.6. The van der Waals surface area contributed by atoms with Crippen molar-refractivity contribution < 1.29 is 4.39 Å². The van der Waals surface area contributed by atoms with Crippen LogP contribution in [-0.4, -0.2) is 31.5 Å². The predicted octanol–water partition coefficient (Wildman–Crippen LogP) is 2.67. The van der Waals surface area contributed by atoms with Gasteiger partial charge in [-0.25, -0.2) is 4.39 Å². The van der Waals surface area contributed by atoms with Gasteiger partial charge in [-0.1, -0.05) is 6.08 Å². The van der Waals surface area contributed by atoms with Crippen molar-refractivity contribution in [2.45, 2.75) is 19.4 Å². The molecule has 0 bridgehead atoms. The van der Waals surface area contributed by atoms with Crippen molar-refractivity contribution in [1.29, 1.82) is 5.26 Å². The minimum atomic E-state index is -0.328. The second-order valence-electron chi connectivity index (χ2n) is 4.67. The number of allylic oxidation sites excluding steroid dienone is 1. The van der Waals surface area contributed by atoms with Crippen LogP contribution in [0, 0.1) is 17.1 Å². The molecule has 4 nitrogen and oxygen atoms in total. The minimum Gasteiger partial charge on any atom is -0.352 e. The predicted molar refractivity (Wildman–Crippen MR) is 83.4 cm³/mol. The quantitative estimate of drug-likeness (QED) is 0.379. The number of nitrogens with one attached hydrogen (secondary N) is 1. The van der Waals surface area contributed by atoms with E-state index in [0.29, 0.717) is 23.6 Å². The van der Waals surface area contributed by atoms with Gasteiger partial charge in [0.05, 0.1) is 11.6 Å². The molecule has 0 saturated carbocycles. The Morgan fingerprint density at radius 3 is 2.95 bits per heavy atom. The highest BCUT2D eigenvalue weighted by Gasteiger charge is 2.08. The van der Waals surface area contributed by atoms with Crippen LogP contribution >= 0.6 is 0 Å². The first-order chi connectivity index (χ1) is 10.1. The Kier molecular flexibility index (Phi) is 6.96. The van der Waals surface area contributed by atoms with Crippen molar-refractivity contribution in [2.24, 2.45) is 4.99 Å². The number of hydrogen-bond donors (Lipinski definition) is 1. The second kappa shape index (κ2) is 8.75. The number of hydrogen-bond acceptors (Lipinski definition) is 2. The lowest BCUT2D eigenvalue weighted by Gasteiger charge is -2.22. The van der Waals surface area contributed by atoms with E-state index in [1.807, 2.05) is 24.1 Å². The van der Waals surface area contributed by atoms with E-state index in [9.17, 15) is 4.39 Å². The van der Waals surface area contributed by atoms with E-state index in [1.54, 1.807) is 13.1 Å². The maximum absolute atomic E-state index is 13.7. The first-order valence-electron chi connectivity index (χ1n) is 6.83. The molecule has 0 amide bonds. The van der Waals surface area contributed by atoms with Crippen molar-refractivity contribution in [2.75, 3.05) is 20.6 Å². The summed E-state index contributed by atoms with van der Waals surface area (Å²) in [6.45, 7) is 4.82. The molecule has 1 aromatic rings. The molecule has 0 aliphatic rings. The normalized spacial score (nSPS) is 10.9. The standard InChI is InChI=1S/C16H21FN4/c1-4-5-6-9-21(3)16(19-2)20-12-14-10-13(11-18)7-8-15(14)17/h4,7-8,10H,1,5-6,9,12H2,2-3H3,(H,19,20). The highest BCUT2D eigenvalue weighted by molar-refractivity contribution is 5.79. The number of halogens is 1. The van der Waals surface area contributed by atoms with Crippen LogP contribution in [0.5, 0.6) is 0 Å². The fourth-order valence-corrected chi connectivity index (χ4v) is 1.92. The summed E-state index contributed by atoms with van der Waals surface area (Å²) in [7, 11) is 3.62. The average molecular weight is 288 g/mol. The second-order valence-corrected chi connectivity index (χ2v) is 4.67. The Labute approximate surface area is 125 Å². The number of rotatable bonds is 6. The summed E-state index contributed by atoms with van der Waals surface area (Å²) >= 11 is 0. The Bertz CT molecular complexity index is 546. The van der Waals surface area contributed by atoms with Crippen LogP contribution in [0.25, 0.3) is 0 Å². The van der Waals surface area contributed by atoms with Gasteiger partial charge in [0.25, 0.3) is 0 Å². The number of unbranched alkanes of at least 4 members (excludes halogenated alkanes) is 1.